The Kier molecular flexibility index (Phi) is 7.79. The number of para-hydroxylation sites is 1. The van der Waals surface area contributed by atoms with Gasteiger partial charge in [0, 0.05) is 29.6 Å². The highest BCUT2D eigenvalue weighted by atomic mass is 35.5. The topological polar surface area (TPSA) is 83.5 Å². The maximum Gasteiger partial charge on any atom is 0.115 e. The van der Waals surface area contributed by atoms with Crippen LogP contribution in [0.2, 0.25) is 5.02 Å². The highest BCUT2D eigenvalue weighted by molar-refractivity contribution is 6.30. The predicted octanol–water partition coefficient (Wildman–Crippen LogP) is 6.32. The number of hydrogen-bond acceptors (Lipinski definition) is 4. The van der Waals surface area contributed by atoms with Gasteiger partial charge in [-0.2, -0.15) is 0 Å². The number of rotatable bonds is 7. The predicted molar refractivity (Wildman–Crippen MR) is 134 cm³/mol. The van der Waals surface area contributed by atoms with Crippen molar-refractivity contribution >= 4 is 34.7 Å². The molecular formula is C26H27ClN4O. The first-order valence-corrected chi connectivity index (χ1v) is 10.8. The summed E-state index contributed by atoms with van der Waals surface area (Å²) in [5, 5.41) is 27.7. The molecule has 0 aliphatic rings. The lowest BCUT2D eigenvalue weighted by Gasteiger charge is -2.27. The molecule has 0 aliphatic heterocycles. The molecule has 3 aromatic carbocycles. The summed E-state index contributed by atoms with van der Waals surface area (Å²) in [5.74, 6) is 1.36. The molecule has 0 heterocycles. The lowest BCUT2D eigenvalue weighted by molar-refractivity contribution is 0.475. The molecule has 3 aromatic rings. The molecule has 32 heavy (non-hydrogen) atoms. The molecule has 0 aromatic heterocycles. The monoisotopic (exact) mass is 446 g/mol. The van der Waals surface area contributed by atoms with Gasteiger partial charge >= 0.3 is 0 Å². The third kappa shape index (κ3) is 5.62. The van der Waals surface area contributed by atoms with Gasteiger partial charge in [-0.15, -0.1) is 0 Å². The van der Waals surface area contributed by atoms with Crippen LogP contribution in [-0.2, 0) is 6.42 Å². The van der Waals surface area contributed by atoms with E-state index in [1.165, 1.54) is 0 Å². The summed E-state index contributed by atoms with van der Waals surface area (Å²) in [4.78, 5) is 6.15. The van der Waals surface area contributed by atoms with Crippen LogP contribution in [-0.4, -0.2) is 29.5 Å². The molecule has 0 bridgehead atoms. The number of phenolic OH excluding ortho intramolecular Hbond substituents is 1. The summed E-state index contributed by atoms with van der Waals surface area (Å²) in [6, 6.07) is 22.0. The van der Waals surface area contributed by atoms with Crippen molar-refractivity contribution in [3.8, 4) is 5.75 Å². The summed E-state index contributed by atoms with van der Waals surface area (Å²) < 4.78 is 0. The molecule has 0 atom stereocenters. The van der Waals surface area contributed by atoms with Gasteiger partial charge in [-0.1, -0.05) is 54.1 Å². The fourth-order valence-electron chi connectivity index (χ4n) is 3.50. The lowest BCUT2D eigenvalue weighted by atomic mass is 9.99. The smallest absolute Gasteiger partial charge is 0.115 e. The van der Waals surface area contributed by atoms with Gasteiger partial charge in [0.15, 0.2) is 0 Å². The van der Waals surface area contributed by atoms with Crippen LogP contribution in [0.4, 0.5) is 5.69 Å². The number of benzene rings is 3. The van der Waals surface area contributed by atoms with Crippen molar-refractivity contribution in [2.75, 3.05) is 11.9 Å². The molecule has 164 valence electrons. The van der Waals surface area contributed by atoms with Crippen LogP contribution >= 0.6 is 11.6 Å². The lowest BCUT2D eigenvalue weighted by Crippen LogP contribution is -2.36. The molecule has 0 amide bonds. The number of nitrogens with one attached hydrogen (secondary N) is 2. The number of hydrogen-bond donors (Lipinski definition) is 3. The van der Waals surface area contributed by atoms with E-state index >= 15 is 0 Å². The summed E-state index contributed by atoms with van der Waals surface area (Å²) in [6.07, 6.45) is 2.14. The molecule has 0 radical (unpaired) electrons. The van der Waals surface area contributed by atoms with Crippen LogP contribution < -0.4 is 4.90 Å². The minimum absolute atomic E-state index is 0.252. The number of anilines is 1. The Morgan fingerprint density at radius 3 is 2.28 bits per heavy atom. The Bertz CT molecular complexity index is 1120. The second-order valence-corrected chi connectivity index (χ2v) is 7.91. The van der Waals surface area contributed by atoms with Crippen LogP contribution in [0.3, 0.4) is 0 Å². The van der Waals surface area contributed by atoms with E-state index in [1.807, 2.05) is 60.4 Å². The largest absolute Gasteiger partial charge is 0.508 e. The molecule has 5 nitrogen and oxygen atoms in total. The van der Waals surface area contributed by atoms with Crippen LogP contribution in [0.25, 0.3) is 0 Å². The van der Waals surface area contributed by atoms with Crippen LogP contribution in [0.1, 0.15) is 36.5 Å². The quantitative estimate of drug-likeness (QED) is 0.293. The van der Waals surface area contributed by atoms with Crippen LogP contribution in [0, 0.1) is 10.8 Å². The van der Waals surface area contributed by atoms with Crippen LogP contribution in [0.15, 0.2) is 77.8 Å². The SMILES string of the molecule is CN=C(C)N(C(=N)CCCc1ccc(O)cc1)c1ccccc1C(=N)c1ccc(Cl)cc1. The minimum Gasteiger partial charge on any atom is -0.508 e. The Hall–Kier alpha value is -3.44. The Morgan fingerprint density at radius 2 is 1.62 bits per heavy atom. The first-order valence-electron chi connectivity index (χ1n) is 10.4. The fourth-order valence-corrected chi connectivity index (χ4v) is 3.63. The number of phenols is 1. The third-order valence-electron chi connectivity index (χ3n) is 5.28. The minimum atomic E-state index is 0.252. The van der Waals surface area contributed by atoms with E-state index in [4.69, 9.17) is 22.4 Å². The van der Waals surface area contributed by atoms with Gasteiger partial charge in [-0.3, -0.25) is 20.7 Å². The zero-order valence-electron chi connectivity index (χ0n) is 18.3. The van der Waals surface area contributed by atoms with Crippen molar-refractivity contribution in [1.29, 1.82) is 10.8 Å². The van der Waals surface area contributed by atoms with Gasteiger partial charge in [0.05, 0.1) is 11.4 Å². The van der Waals surface area contributed by atoms with Crippen molar-refractivity contribution in [3.05, 3.63) is 94.5 Å². The van der Waals surface area contributed by atoms with Gasteiger partial charge in [0.1, 0.15) is 17.4 Å². The van der Waals surface area contributed by atoms with Crippen molar-refractivity contribution in [3.63, 3.8) is 0 Å². The average Bonchev–Trinajstić information content (AvgIpc) is 2.81. The van der Waals surface area contributed by atoms with Crippen molar-refractivity contribution in [2.24, 2.45) is 4.99 Å². The summed E-state index contributed by atoms with van der Waals surface area (Å²) in [7, 11) is 1.71. The molecule has 3 N–H and O–H groups in total. The molecule has 6 heteroatoms. The fraction of sp³-hybridized carbons (Fsp3) is 0.192. The molecule has 0 saturated heterocycles. The number of aromatic hydroxyl groups is 1. The Morgan fingerprint density at radius 1 is 0.969 bits per heavy atom. The van der Waals surface area contributed by atoms with Gasteiger partial charge in [-0.25, -0.2) is 0 Å². The average molecular weight is 447 g/mol. The number of amidine groups is 2. The normalized spacial score (nSPS) is 11.3. The Balaban J connectivity index is 1.84. The zero-order chi connectivity index (χ0) is 23.1. The highest BCUT2D eigenvalue weighted by Gasteiger charge is 2.20. The second kappa shape index (κ2) is 10.7. The van der Waals surface area contributed by atoms with E-state index in [9.17, 15) is 5.11 Å². The molecule has 0 spiro atoms. The standard InChI is InChI=1S/C26H27ClN4O/c1-18(30-2)31(25(28)9-5-6-19-10-16-22(32)17-11-19)24-8-4-3-7-23(24)26(29)20-12-14-21(27)15-13-20/h3-4,7-8,10-17,28-29,32H,5-6,9H2,1-2H3. The number of aliphatic imine (C=N–C) groups is 1. The molecule has 0 saturated carbocycles. The molecular weight excluding hydrogens is 420 g/mol. The molecule has 0 fully saturated rings. The first-order chi connectivity index (χ1) is 15.4. The maximum atomic E-state index is 9.45. The Labute approximate surface area is 194 Å². The third-order valence-corrected chi connectivity index (χ3v) is 5.53. The van der Waals surface area contributed by atoms with Crippen molar-refractivity contribution in [2.45, 2.75) is 26.2 Å². The maximum absolute atomic E-state index is 9.45. The van der Waals surface area contributed by atoms with E-state index < -0.39 is 0 Å². The molecule has 3 rings (SSSR count). The number of aryl methyl sites for hydroxylation is 1. The van der Waals surface area contributed by atoms with E-state index in [2.05, 4.69) is 4.99 Å². The van der Waals surface area contributed by atoms with Crippen LogP contribution in [0.5, 0.6) is 5.75 Å². The summed E-state index contributed by atoms with van der Waals surface area (Å²) >= 11 is 6.01. The number of halogens is 1. The highest BCUT2D eigenvalue weighted by Crippen LogP contribution is 2.26. The number of nitrogens with zero attached hydrogens (tertiary/aromatic N) is 2. The van der Waals surface area contributed by atoms with E-state index in [0.29, 0.717) is 28.8 Å². The summed E-state index contributed by atoms with van der Waals surface area (Å²) in [5.41, 5.74) is 3.72. The molecule has 0 aliphatic carbocycles. The van der Waals surface area contributed by atoms with E-state index in [-0.39, 0.29) is 5.75 Å². The van der Waals surface area contributed by atoms with Gasteiger partial charge < -0.3 is 5.11 Å². The van der Waals surface area contributed by atoms with Crippen molar-refractivity contribution in [1.82, 2.24) is 0 Å². The van der Waals surface area contributed by atoms with E-state index in [0.717, 1.165) is 35.2 Å². The van der Waals surface area contributed by atoms with Gasteiger partial charge in [-0.05, 0) is 55.7 Å². The summed E-state index contributed by atoms with van der Waals surface area (Å²) in [6.45, 7) is 1.87. The molecule has 0 unspecified atom stereocenters. The van der Waals surface area contributed by atoms with Crippen molar-refractivity contribution < 1.29 is 5.11 Å². The second-order valence-electron chi connectivity index (χ2n) is 7.47. The van der Waals surface area contributed by atoms with Gasteiger partial charge in [0.2, 0.25) is 0 Å². The first kappa shape index (κ1) is 23.2. The zero-order valence-corrected chi connectivity index (χ0v) is 19.0. The van der Waals surface area contributed by atoms with Gasteiger partial charge in [0.25, 0.3) is 0 Å². The van der Waals surface area contributed by atoms with E-state index in [1.54, 1.807) is 31.3 Å².